The Labute approximate surface area is 120 Å². The second kappa shape index (κ2) is 5.99. The molecule has 0 fully saturated rings. The average molecular weight is 294 g/mol. The van der Waals surface area contributed by atoms with Crippen molar-refractivity contribution in [2.75, 3.05) is 6.61 Å². The number of ether oxygens (including phenoxy) is 1. The zero-order chi connectivity index (χ0) is 13.8. The zero-order valence-electron chi connectivity index (χ0n) is 10.5. The molecule has 0 amide bonds. The second-order valence-electron chi connectivity index (χ2n) is 4.04. The van der Waals surface area contributed by atoms with Crippen molar-refractivity contribution in [3.05, 3.63) is 50.6 Å². The van der Waals surface area contributed by atoms with E-state index in [1.54, 1.807) is 10.6 Å². The van der Waals surface area contributed by atoms with Gasteiger partial charge in [-0.3, -0.25) is 9.36 Å². The van der Waals surface area contributed by atoms with Crippen LogP contribution in [-0.2, 0) is 6.54 Å². The van der Waals surface area contributed by atoms with Crippen LogP contribution in [0.4, 0.5) is 0 Å². The van der Waals surface area contributed by atoms with Crippen LogP contribution in [-0.4, -0.2) is 16.2 Å². The minimum absolute atomic E-state index is 0.0398. The van der Waals surface area contributed by atoms with Crippen LogP contribution in [0.5, 0.6) is 5.75 Å². The summed E-state index contributed by atoms with van der Waals surface area (Å²) in [5, 5.41) is 1.84. The minimum Gasteiger partial charge on any atom is -0.492 e. The second-order valence-corrected chi connectivity index (χ2v) is 5.30. The summed E-state index contributed by atoms with van der Waals surface area (Å²) < 4.78 is 7.31. The molecular weight excluding hydrogens is 280 g/mol. The molecule has 0 aliphatic carbocycles. The Bertz CT molecular complexity index is 646. The third-order valence-corrected chi connectivity index (χ3v) is 3.80. The van der Waals surface area contributed by atoms with Gasteiger partial charge in [-0.15, -0.1) is 0 Å². The monoisotopic (exact) mass is 294 g/mol. The predicted molar refractivity (Wildman–Crippen MR) is 81.1 cm³/mol. The van der Waals surface area contributed by atoms with E-state index in [0.29, 0.717) is 23.9 Å². The van der Waals surface area contributed by atoms with Crippen molar-refractivity contribution >= 4 is 28.5 Å². The third kappa shape index (κ3) is 3.42. The van der Waals surface area contributed by atoms with Crippen molar-refractivity contribution < 1.29 is 4.74 Å². The van der Waals surface area contributed by atoms with Crippen LogP contribution in [0.25, 0.3) is 0 Å². The molecule has 1 aromatic carbocycles. The molecular formula is C13H14N2O2S2. The Morgan fingerprint density at radius 1 is 1.53 bits per heavy atom. The lowest BCUT2D eigenvalue weighted by atomic mass is 10.2. The number of aromatic nitrogens is 1. The molecule has 6 heteroatoms. The Morgan fingerprint density at radius 3 is 2.95 bits per heavy atom. The number of hydrogen-bond acceptors (Lipinski definition) is 4. The molecule has 4 nitrogen and oxygen atoms in total. The topological polar surface area (TPSA) is 57.2 Å². The van der Waals surface area contributed by atoms with Crippen LogP contribution >= 0.6 is 23.6 Å². The van der Waals surface area contributed by atoms with Gasteiger partial charge >= 0.3 is 4.87 Å². The van der Waals surface area contributed by atoms with Crippen molar-refractivity contribution in [1.82, 2.24) is 4.57 Å². The summed E-state index contributed by atoms with van der Waals surface area (Å²) in [5.74, 6) is 0.700. The molecule has 1 heterocycles. The zero-order valence-corrected chi connectivity index (χ0v) is 12.1. The minimum atomic E-state index is 0.0398. The summed E-state index contributed by atoms with van der Waals surface area (Å²) in [6.45, 7) is 2.87. The summed E-state index contributed by atoms with van der Waals surface area (Å²) in [5.41, 5.74) is 7.29. The van der Waals surface area contributed by atoms with Crippen molar-refractivity contribution in [3.8, 4) is 5.75 Å². The maximum absolute atomic E-state index is 11.5. The molecule has 0 radical (unpaired) electrons. The van der Waals surface area contributed by atoms with Gasteiger partial charge in [-0.25, -0.2) is 0 Å². The van der Waals surface area contributed by atoms with Crippen LogP contribution in [0.15, 0.2) is 34.4 Å². The number of benzene rings is 1. The van der Waals surface area contributed by atoms with Gasteiger partial charge in [0.25, 0.3) is 0 Å². The fraction of sp³-hybridized carbons (Fsp3) is 0.231. The van der Waals surface area contributed by atoms with E-state index < -0.39 is 0 Å². The first kappa shape index (κ1) is 13.8. The van der Waals surface area contributed by atoms with Gasteiger partial charge in [-0.05, 0) is 19.1 Å². The molecule has 0 bridgehead atoms. The maximum Gasteiger partial charge on any atom is 0.307 e. The van der Waals surface area contributed by atoms with Crippen molar-refractivity contribution in [1.29, 1.82) is 0 Å². The first-order valence-electron chi connectivity index (χ1n) is 5.75. The molecule has 0 aliphatic heterocycles. The van der Waals surface area contributed by atoms with Crippen LogP contribution in [0.3, 0.4) is 0 Å². The lowest BCUT2D eigenvalue weighted by Crippen LogP contribution is -2.19. The van der Waals surface area contributed by atoms with Gasteiger partial charge in [0.15, 0.2) is 0 Å². The van der Waals surface area contributed by atoms with Gasteiger partial charge in [-0.2, -0.15) is 0 Å². The molecule has 1 aromatic heterocycles. The average Bonchev–Trinajstić information content (AvgIpc) is 2.71. The molecule has 19 heavy (non-hydrogen) atoms. The van der Waals surface area contributed by atoms with Crippen LogP contribution in [0.1, 0.15) is 11.3 Å². The van der Waals surface area contributed by atoms with Gasteiger partial charge in [0, 0.05) is 16.6 Å². The van der Waals surface area contributed by atoms with Crippen molar-refractivity contribution in [2.24, 2.45) is 5.73 Å². The van der Waals surface area contributed by atoms with Gasteiger partial charge in [0.05, 0.1) is 6.54 Å². The van der Waals surface area contributed by atoms with E-state index in [2.05, 4.69) is 0 Å². The normalized spacial score (nSPS) is 10.4. The number of nitrogens with zero attached hydrogens (tertiary/aromatic N) is 1. The van der Waals surface area contributed by atoms with E-state index in [4.69, 9.17) is 22.7 Å². The highest BCUT2D eigenvalue weighted by Gasteiger charge is 2.03. The summed E-state index contributed by atoms with van der Waals surface area (Å²) in [4.78, 5) is 11.9. The van der Waals surface area contributed by atoms with Crippen LogP contribution in [0.2, 0.25) is 0 Å². The SMILES string of the molecule is Cc1csc(=O)n1CCOc1cccc(C(N)=S)c1. The molecule has 0 aliphatic rings. The number of aryl methyl sites for hydroxylation is 1. The van der Waals surface area contributed by atoms with Crippen LogP contribution in [0, 0.1) is 6.92 Å². The van der Waals surface area contributed by atoms with Crippen molar-refractivity contribution in [3.63, 3.8) is 0 Å². The third-order valence-electron chi connectivity index (χ3n) is 2.68. The van der Waals surface area contributed by atoms with E-state index in [9.17, 15) is 4.79 Å². The van der Waals surface area contributed by atoms with Gasteiger partial charge in [0.1, 0.15) is 17.3 Å². The Kier molecular flexibility index (Phi) is 4.34. The van der Waals surface area contributed by atoms with E-state index in [1.807, 2.05) is 30.5 Å². The predicted octanol–water partition coefficient (Wildman–Crippen LogP) is 1.93. The first-order valence-corrected chi connectivity index (χ1v) is 7.04. The highest BCUT2D eigenvalue weighted by Crippen LogP contribution is 2.13. The van der Waals surface area contributed by atoms with E-state index in [-0.39, 0.29) is 4.87 Å². The molecule has 0 atom stereocenters. The fourth-order valence-corrected chi connectivity index (χ4v) is 2.56. The molecule has 2 N–H and O–H groups in total. The van der Waals surface area contributed by atoms with E-state index in [1.165, 1.54) is 11.3 Å². The summed E-state index contributed by atoms with van der Waals surface area (Å²) in [6.07, 6.45) is 0. The first-order chi connectivity index (χ1) is 9.08. The smallest absolute Gasteiger partial charge is 0.307 e. The lowest BCUT2D eigenvalue weighted by molar-refractivity contribution is 0.296. The molecule has 0 saturated carbocycles. The molecule has 0 unspecified atom stereocenters. The largest absolute Gasteiger partial charge is 0.492 e. The van der Waals surface area contributed by atoms with Crippen molar-refractivity contribution in [2.45, 2.75) is 13.5 Å². The number of thiazole rings is 1. The van der Waals surface area contributed by atoms with E-state index >= 15 is 0 Å². The highest BCUT2D eigenvalue weighted by atomic mass is 32.1. The maximum atomic E-state index is 11.5. The molecule has 2 rings (SSSR count). The summed E-state index contributed by atoms with van der Waals surface area (Å²) in [6, 6.07) is 7.31. The number of nitrogens with two attached hydrogens (primary N) is 1. The number of rotatable bonds is 5. The standard InChI is InChI=1S/C13H14N2O2S2/c1-9-8-19-13(16)15(9)5-6-17-11-4-2-3-10(7-11)12(14)18/h2-4,7-8H,5-6H2,1H3,(H2,14,18). The van der Waals surface area contributed by atoms with Gasteiger partial charge < -0.3 is 10.5 Å². The summed E-state index contributed by atoms with van der Waals surface area (Å²) in [7, 11) is 0. The number of thiocarbonyl (C=S) groups is 1. The Morgan fingerprint density at radius 2 is 2.32 bits per heavy atom. The lowest BCUT2D eigenvalue weighted by Gasteiger charge is -2.08. The quantitative estimate of drug-likeness (QED) is 0.856. The van der Waals surface area contributed by atoms with Gasteiger partial charge in [0.2, 0.25) is 0 Å². The van der Waals surface area contributed by atoms with Gasteiger partial charge in [-0.1, -0.05) is 35.7 Å². The Hall–Kier alpha value is -1.66. The van der Waals surface area contributed by atoms with Crippen LogP contribution < -0.4 is 15.3 Å². The highest BCUT2D eigenvalue weighted by molar-refractivity contribution is 7.80. The fourth-order valence-electron chi connectivity index (χ4n) is 1.67. The number of hydrogen-bond donors (Lipinski definition) is 1. The van der Waals surface area contributed by atoms with E-state index in [0.717, 1.165) is 11.3 Å². The molecule has 100 valence electrons. The molecule has 2 aromatic rings. The molecule has 0 saturated heterocycles. The summed E-state index contributed by atoms with van der Waals surface area (Å²) >= 11 is 6.11. The molecule has 0 spiro atoms. The Balaban J connectivity index is 1.98.